The largest absolute Gasteiger partial charge is 0.379 e. The predicted octanol–water partition coefficient (Wildman–Crippen LogP) is 4.08. The van der Waals surface area contributed by atoms with Crippen molar-refractivity contribution in [2.75, 3.05) is 26.2 Å². The third kappa shape index (κ3) is 20.1. The second-order valence-electron chi connectivity index (χ2n) is 5.50. The molecule has 21 heavy (non-hydrogen) atoms. The number of hydrogen-bond donors (Lipinski definition) is 2. The summed E-state index contributed by atoms with van der Waals surface area (Å²) in [6.45, 7) is 3.59. The van der Waals surface area contributed by atoms with Crippen LogP contribution in [-0.4, -0.2) is 36.0 Å². The van der Waals surface area contributed by atoms with E-state index in [4.69, 9.17) is 19.3 Å². The fourth-order valence-corrected chi connectivity index (χ4v) is 2.46. The Hall–Kier alpha value is 0.0700. The molecular formula is C15H33O5P. The third-order valence-corrected chi connectivity index (χ3v) is 3.79. The van der Waals surface area contributed by atoms with E-state index < -0.39 is 13.9 Å². The van der Waals surface area contributed by atoms with Gasteiger partial charge in [0.25, 0.3) is 0 Å². The maximum absolute atomic E-state index is 10.5. The lowest BCUT2D eigenvalue weighted by molar-refractivity contribution is 0.0574. The van der Waals surface area contributed by atoms with Crippen LogP contribution in [0, 0.1) is 0 Å². The first-order valence-electron chi connectivity index (χ1n) is 8.26. The summed E-state index contributed by atoms with van der Waals surface area (Å²) in [5.74, 6) is 0. The SMILES string of the molecule is CCCCCCCCCCCCOCCOCP(=O)(O)O. The van der Waals surface area contributed by atoms with Crippen LogP contribution in [0.1, 0.15) is 71.1 Å². The second kappa shape index (κ2) is 15.0. The molecule has 0 unspecified atom stereocenters. The summed E-state index contributed by atoms with van der Waals surface area (Å²) >= 11 is 0. The summed E-state index contributed by atoms with van der Waals surface area (Å²) in [5.41, 5.74) is 0. The van der Waals surface area contributed by atoms with Crippen LogP contribution in [0.25, 0.3) is 0 Å². The average Bonchev–Trinajstić information content (AvgIpc) is 2.42. The summed E-state index contributed by atoms with van der Waals surface area (Å²) in [7, 11) is -4.03. The number of unbranched alkanes of at least 4 members (excludes halogenated alkanes) is 9. The van der Waals surface area contributed by atoms with Gasteiger partial charge in [-0.3, -0.25) is 4.57 Å². The van der Waals surface area contributed by atoms with Crippen LogP contribution in [0.5, 0.6) is 0 Å². The number of ether oxygens (including phenoxy) is 2. The van der Waals surface area contributed by atoms with Crippen LogP contribution in [0.2, 0.25) is 0 Å². The van der Waals surface area contributed by atoms with Gasteiger partial charge in [-0.1, -0.05) is 64.7 Å². The van der Waals surface area contributed by atoms with Gasteiger partial charge in [0.15, 0.2) is 0 Å². The Bertz CT molecular complexity index is 254. The maximum atomic E-state index is 10.5. The van der Waals surface area contributed by atoms with Crippen LogP contribution in [0.4, 0.5) is 0 Å². The van der Waals surface area contributed by atoms with Gasteiger partial charge >= 0.3 is 7.60 Å². The first-order valence-corrected chi connectivity index (χ1v) is 10.1. The minimum Gasteiger partial charge on any atom is -0.379 e. The molecule has 0 radical (unpaired) electrons. The highest BCUT2D eigenvalue weighted by molar-refractivity contribution is 7.51. The Morgan fingerprint density at radius 3 is 1.71 bits per heavy atom. The minimum atomic E-state index is -4.03. The van der Waals surface area contributed by atoms with Crippen LogP contribution < -0.4 is 0 Å². The van der Waals surface area contributed by atoms with Crippen molar-refractivity contribution in [3.63, 3.8) is 0 Å². The van der Waals surface area contributed by atoms with Gasteiger partial charge < -0.3 is 19.3 Å². The molecule has 0 aromatic heterocycles. The third-order valence-electron chi connectivity index (χ3n) is 3.27. The topological polar surface area (TPSA) is 76.0 Å². The van der Waals surface area contributed by atoms with Gasteiger partial charge in [-0.15, -0.1) is 0 Å². The fourth-order valence-electron chi connectivity index (χ4n) is 2.09. The molecule has 0 aliphatic rings. The molecule has 0 aliphatic heterocycles. The highest BCUT2D eigenvalue weighted by Crippen LogP contribution is 2.33. The molecule has 0 saturated heterocycles. The van der Waals surface area contributed by atoms with E-state index in [2.05, 4.69) is 6.92 Å². The van der Waals surface area contributed by atoms with Gasteiger partial charge in [0.05, 0.1) is 13.2 Å². The average molecular weight is 324 g/mol. The zero-order valence-corrected chi connectivity index (χ0v) is 14.4. The molecule has 128 valence electrons. The van der Waals surface area contributed by atoms with Crippen molar-refractivity contribution in [1.29, 1.82) is 0 Å². The molecule has 0 heterocycles. The predicted molar refractivity (Wildman–Crippen MR) is 85.5 cm³/mol. The van der Waals surface area contributed by atoms with Gasteiger partial charge in [0, 0.05) is 6.61 Å². The Balaban J connectivity index is 3.01. The van der Waals surface area contributed by atoms with Crippen molar-refractivity contribution in [1.82, 2.24) is 0 Å². The summed E-state index contributed by atoms with van der Waals surface area (Å²) in [4.78, 5) is 17.1. The summed E-state index contributed by atoms with van der Waals surface area (Å²) < 4.78 is 20.6. The highest BCUT2D eigenvalue weighted by Gasteiger charge is 2.11. The Morgan fingerprint density at radius 2 is 1.19 bits per heavy atom. The van der Waals surface area contributed by atoms with Crippen LogP contribution in [0.3, 0.4) is 0 Å². The van der Waals surface area contributed by atoms with E-state index in [0.29, 0.717) is 13.2 Å². The quantitative estimate of drug-likeness (QED) is 0.330. The molecule has 0 aliphatic carbocycles. The molecule has 0 aromatic rings. The molecule has 0 bridgehead atoms. The number of hydrogen-bond acceptors (Lipinski definition) is 3. The van der Waals surface area contributed by atoms with E-state index in [-0.39, 0.29) is 6.61 Å². The van der Waals surface area contributed by atoms with Crippen molar-refractivity contribution < 1.29 is 23.8 Å². The van der Waals surface area contributed by atoms with Gasteiger partial charge in [0.2, 0.25) is 0 Å². The molecule has 2 N–H and O–H groups in total. The monoisotopic (exact) mass is 324 g/mol. The summed E-state index contributed by atoms with van der Waals surface area (Å²) in [6, 6.07) is 0. The molecule has 0 fully saturated rings. The standard InChI is InChI=1S/C15H33O5P/c1-2-3-4-5-6-7-8-9-10-11-12-19-13-14-20-15-21(16,17)18/h2-15H2,1H3,(H2,16,17,18). The van der Waals surface area contributed by atoms with E-state index in [1.54, 1.807) is 0 Å². The normalized spacial score (nSPS) is 12.0. The van der Waals surface area contributed by atoms with Crippen molar-refractivity contribution in [2.24, 2.45) is 0 Å². The smallest absolute Gasteiger partial charge is 0.350 e. The lowest BCUT2D eigenvalue weighted by atomic mass is 10.1. The van der Waals surface area contributed by atoms with E-state index in [1.165, 1.54) is 57.8 Å². The Kier molecular flexibility index (Phi) is 15.0. The minimum absolute atomic E-state index is 0.239. The van der Waals surface area contributed by atoms with Gasteiger partial charge in [0.1, 0.15) is 6.35 Å². The Morgan fingerprint density at radius 1 is 0.714 bits per heavy atom. The molecule has 0 amide bonds. The van der Waals surface area contributed by atoms with Crippen LogP contribution in [-0.2, 0) is 14.0 Å². The molecule has 5 nitrogen and oxygen atoms in total. The van der Waals surface area contributed by atoms with E-state index in [1.807, 2.05) is 0 Å². The van der Waals surface area contributed by atoms with Crippen molar-refractivity contribution in [3.05, 3.63) is 0 Å². The van der Waals surface area contributed by atoms with Crippen LogP contribution >= 0.6 is 7.60 Å². The molecule has 0 rings (SSSR count). The summed E-state index contributed by atoms with van der Waals surface area (Å²) in [5, 5.41) is 0. The van der Waals surface area contributed by atoms with E-state index >= 15 is 0 Å². The second-order valence-corrected chi connectivity index (χ2v) is 7.08. The Labute approximate surface area is 129 Å². The van der Waals surface area contributed by atoms with Gasteiger partial charge in [-0.05, 0) is 6.42 Å². The lowest BCUT2D eigenvalue weighted by Gasteiger charge is -2.06. The molecule has 0 saturated carbocycles. The van der Waals surface area contributed by atoms with Gasteiger partial charge in [-0.25, -0.2) is 0 Å². The molecule has 0 spiro atoms. The first kappa shape index (κ1) is 21.1. The molecule has 0 aromatic carbocycles. The summed E-state index contributed by atoms with van der Waals surface area (Å²) in [6.07, 6.45) is 12.5. The molecule has 0 atom stereocenters. The van der Waals surface area contributed by atoms with Crippen LogP contribution in [0.15, 0.2) is 0 Å². The number of rotatable bonds is 16. The first-order chi connectivity index (χ1) is 10.1. The van der Waals surface area contributed by atoms with Crippen molar-refractivity contribution in [2.45, 2.75) is 71.1 Å². The van der Waals surface area contributed by atoms with E-state index in [0.717, 1.165) is 6.42 Å². The fraction of sp³-hybridized carbons (Fsp3) is 1.00. The lowest BCUT2D eigenvalue weighted by Crippen LogP contribution is -2.06. The zero-order chi connectivity index (χ0) is 15.8. The van der Waals surface area contributed by atoms with Crippen molar-refractivity contribution >= 4 is 7.60 Å². The van der Waals surface area contributed by atoms with Gasteiger partial charge in [-0.2, -0.15) is 0 Å². The van der Waals surface area contributed by atoms with Crippen molar-refractivity contribution in [3.8, 4) is 0 Å². The highest BCUT2D eigenvalue weighted by atomic mass is 31.2. The zero-order valence-electron chi connectivity index (χ0n) is 13.5. The maximum Gasteiger partial charge on any atom is 0.350 e. The molecule has 6 heteroatoms. The molecular weight excluding hydrogens is 291 g/mol. The van der Waals surface area contributed by atoms with E-state index in [9.17, 15) is 4.57 Å².